The highest BCUT2D eigenvalue weighted by Gasteiger charge is 2.38. The van der Waals surface area contributed by atoms with Crippen LogP contribution in [0.25, 0.3) is 0 Å². The summed E-state index contributed by atoms with van der Waals surface area (Å²) in [5.74, 6) is 1.55. The first kappa shape index (κ1) is 40.3. The summed E-state index contributed by atoms with van der Waals surface area (Å²) in [5.41, 5.74) is -1.22. The normalized spacial score (nSPS) is 11.8. The van der Waals surface area contributed by atoms with E-state index in [0.29, 0.717) is 38.9 Å². The van der Waals surface area contributed by atoms with E-state index < -0.39 is 29.3 Å². The Morgan fingerprint density at radius 3 is 1.15 bits per heavy atom. The third-order valence-electron chi connectivity index (χ3n) is 5.10. The van der Waals surface area contributed by atoms with Crippen LogP contribution in [-0.2, 0) is 38.1 Å². The lowest BCUT2D eigenvalue weighted by molar-refractivity contribution is -0.169. The summed E-state index contributed by atoms with van der Waals surface area (Å²) in [5, 5.41) is 1.16. The zero-order chi connectivity index (χ0) is 31.3. The molecule has 8 nitrogen and oxygen atoms in total. The molecular weight excluding hydrogens is 605 g/mol. The first-order chi connectivity index (χ1) is 19.2. The standard InChI is InChI=1S/C29H52O8S4/c1-21(2)15-38-16-28(33)37-20-29(17-34-25(30)9-12-39-22(3)4,18-35-26(31)10-13-40-23(5)6)19-36-27(32)11-14-41-24(7)8/h21-24H,9-20H2,1-8H3. The smallest absolute Gasteiger partial charge is 0.315 e. The Morgan fingerprint density at radius 2 is 0.854 bits per heavy atom. The zero-order valence-corrected chi connectivity index (χ0v) is 29.5. The molecule has 0 saturated heterocycles. The van der Waals surface area contributed by atoms with Crippen LogP contribution in [0.1, 0.15) is 74.7 Å². The molecule has 12 heteroatoms. The molecule has 0 unspecified atom stereocenters. The monoisotopic (exact) mass is 656 g/mol. The maximum absolute atomic E-state index is 12.5. The maximum atomic E-state index is 12.5. The maximum Gasteiger partial charge on any atom is 0.315 e. The third kappa shape index (κ3) is 24.4. The van der Waals surface area contributed by atoms with Crippen LogP contribution in [0.2, 0.25) is 0 Å². The molecule has 0 bridgehead atoms. The van der Waals surface area contributed by atoms with Crippen LogP contribution in [0.3, 0.4) is 0 Å². The van der Waals surface area contributed by atoms with Gasteiger partial charge in [0.05, 0.1) is 25.0 Å². The predicted molar refractivity (Wildman–Crippen MR) is 175 cm³/mol. The van der Waals surface area contributed by atoms with Crippen molar-refractivity contribution in [3.63, 3.8) is 0 Å². The molecule has 0 aliphatic heterocycles. The van der Waals surface area contributed by atoms with Gasteiger partial charge in [-0.15, -0.1) is 11.8 Å². The van der Waals surface area contributed by atoms with Gasteiger partial charge in [0, 0.05) is 17.3 Å². The SMILES string of the molecule is CC(C)CSCC(=O)OCC(COC(=O)CCSC(C)C)(COC(=O)CCSC(C)C)COC(=O)CCSC(C)C. The molecule has 0 radical (unpaired) electrons. The Hall–Kier alpha value is -0.720. The second kappa shape index (κ2) is 23.7. The topological polar surface area (TPSA) is 105 Å². The fourth-order valence-corrected chi connectivity index (χ4v) is 6.06. The minimum atomic E-state index is -1.22. The Morgan fingerprint density at radius 1 is 0.537 bits per heavy atom. The highest BCUT2D eigenvalue weighted by molar-refractivity contribution is 8.00. The number of esters is 4. The van der Waals surface area contributed by atoms with E-state index in [9.17, 15) is 19.2 Å². The van der Waals surface area contributed by atoms with E-state index in [1.165, 1.54) is 11.8 Å². The summed E-state index contributed by atoms with van der Waals surface area (Å²) in [4.78, 5) is 50.1. The molecule has 0 heterocycles. The van der Waals surface area contributed by atoms with Crippen LogP contribution in [0.5, 0.6) is 0 Å². The number of carbonyl (C=O) groups excluding carboxylic acids is 4. The van der Waals surface area contributed by atoms with Crippen molar-refractivity contribution in [1.29, 1.82) is 0 Å². The van der Waals surface area contributed by atoms with Gasteiger partial charge in [0.2, 0.25) is 0 Å². The lowest BCUT2D eigenvalue weighted by atomic mass is 9.92. The first-order valence-electron chi connectivity index (χ1n) is 14.3. The van der Waals surface area contributed by atoms with Crippen LogP contribution < -0.4 is 0 Å². The predicted octanol–water partition coefficient (Wildman–Crippen LogP) is 6.13. The van der Waals surface area contributed by atoms with Gasteiger partial charge in [-0.1, -0.05) is 55.4 Å². The van der Waals surface area contributed by atoms with Gasteiger partial charge >= 0.3 is 23.9 Å². The average Bonchev–Trinajstić information content (AvgIpc) is 2.87. The summed E-state index contributed by atoms with van der Waals surface area (Å²) < 4.78 is 22.3. The van der Waals surface area contributed by atoms with Crippen molar-refractivity contribution >= 4 is 70.9 Å². The number of rotatable bonds is 24. The zero-order valence-electron chi connectivity index (χ0n) is 26.2. The molecule has 0 aromatic rings. The quantitative estimate of drug-likeness (QED) is 0.0882. The highest BCUT2D eigenvalue weighted by Crippen LogP contribution is 2.24. The van der Waals surface area contributed by atoms with Crippen molar-refractivity contribution < 1.29 is 38.1 Å². The Balaban J connectivity index is 5.58. The summed E-state index contributed by atoms with van der Waals surface area (Å²) >= 11 is 6.42. The second-order valence-electron chi connectivity index (χ2n) is 11.1. The molecule has 0 aromatic heterocycles. The summed E-state index contributed by atoms with van der Waals surface area (Å²) in [7, 11) is 0. The largest absolute Gasteiger partial charge is 0.465 e. The Bertz CT molecular complexity index is 634. The van der Waals surface area contributed by atoms with E-state index >= 15 is 0 Å². The summed E-state index contributed by atoms with van der Waals surface area (Å²) in [6, 6.07) is 0. The molecule has 41 heavy (non-hydrogen) atoms. The molecule has 0 rings (SSSR count). The van der Waals surface area contributed by atoms with Crippen LogP contribution in [-0.4, -0.2) is 94.8 Å². The number of ether oxygens (including phenoxy) is 4. The second-order valence-corrected chi connectivity index (χ2v) is 17.1. The van der Waals surface area contributed by atoms with Crippen molar-refractivity contribution in [2.75, 3.05) is 55.2 Å². The minimum absolute atomic E-state index is 0.166. The lowest BCUT2D eigenvalue weighted by Crippen LogP contribution is -2.44. The summed E-state index contributed by atoms with van der Waals surface area (Å²) in [6.07, 6.45) is 0.634. The minimum Gasteiger partial charge on any atom is -0.465 e. The Labute approximate surface area is 265 Å². The number of thioether (sulfide) groups is 4. The molecule has 0 saturated carbocycles. The Kier molecular flexibility index (Phi) is 23.3. The van der Waals surface area contributed by atoms with Crippen molar-refractivity contribution in [3.8, 4) is 0 Å². The van der Waals surface area contributed by atoms with Gasteiger partial charge < -0.3 is 18.9 Å². The lowest BCUT2D eigenvalue weighted by Gasteiger charge is -2.31. The van der Waals surface area contributed by atoms with Gasteiger partial charge in [-0.05, 0) is 27.4 Å². The van der Waals surface area contributed by atoms with Gasteiger partial charge in [0.25, 0.3) is 0 Å². The van der Waals surface area contributed by atoms with E-state index in [0.717, 1.165) is 5.75 Å². The van der Waals surface area contributed by atoms with Crippen LogP contribution in [0, 0.1) is 11.3 Å². The van der Waals surface area contributed by atoms with Crippen LogP contribution in [0.15, 0.2) is 0 Å². The molecular formula is C29H52O8S4. The molecule has 240 valence electrons. The van der Waals surface area contributed by atoms with Crippen molar-refractivity contribution in [3.05, 3.63) is 0 Å². The molecule has 0 fully saturated rings. The van der Waals surface area contributed by atoms with Crippen LogP contribution >= 0.6 is 47.0 Å². The molecule has 0 aliphatic rings. The summed E-state index contributed by atoms with van der Waals surface area (Å²) in [6.45, 7) is 15.6. The number of hydrogen-bond donors (Lipinski definition) is 0. The van der Waals surface area contributed by atoms with E-state index in [4.69, 9.17) is 18.9 Å². The van der Waals surface area contributed by atoms with Gasteiger partial charge in [-0.2, -0.15) is 35.3 Å². The molecule has 0 aliphatic carbocycles. The molecule has 0 N–H and O–H groups in total. The first-order valence-corrected chi connectivity index (χ1v) is 18.6. The van der Waals surface area contributed by atoms with Crippen molar-refractivity contribution in [2.45, 2.75) is 90.4 Å². The van der Waals surface area contributed by atoms with Crippen LogP contribution in [0.4, 0.5) is 0 Å². The molecule has 0 amide bonds. The van der Waals surface area contributed by atoms with Crippen molar-refractivity contribution in [2.24, 2.45) is 11.3 Å². The van der Waals surface area contributed by atoms with E-state index in [-0.39, 0.29) is 51.4 Å². The average molecular weight is 657 g/mol. The van der Waals surface area contributed by atoms with Gasteiger partial charge in [-0.25, -0.2) is 0 Å². The van der Waals surface area contributed by atoms with E-state index in [1.54, 1.807) is 35.3 Å². The molecule has 0 atom stereocenters. The van der Waals surface area contributed by atoms with Gasteiger partial charge in [0.15, 0.2) is 0 Å². The molecule has 0 aromatic carbocycles. The van der Waals surface area contributed by atoms with Gasteiger partial charge in [-0.3, -0.25) is 19.2 Å². The number of carbonyl (C=O) groups is 4. The fourth-order valence-electron chi connectivity index (χ4n) is 2.95. The number of hydrogen-bond acceptors (Lipinski definition) is 12. The van der Waals surface area contributed by atoms with Crippen molar-refractivity contribution in [1.82, 2.24) is 0 Å². The van der Waals surface area contributed by atoms with Gasteiger partial charge in [0.1, 0.15) is 31.8 Å². The van der Waals surface area contributed by atoms with E-state index in [1.807, 2.05) is 0 Å². The molecule has 0 spiro atoms. The highest BCUT2D eigenvalue weighted by atomic mass is 32.2. The third-order valence-corrected chi connectivity index (χ3v) is 9.76. The van der Waals surface area contributed by atoms with E-state index in [2.05, 4.69) is 55.4 Å². The fraction of sp³-hybridized carbons (Fsp3) is 0.862.